The van der Waals surface area contributed by atoms with E-state index in [0.29, 0.717) is 11.8 Å². The van der Waals surface area contributed by atoms with E-state index in [1.807, 2.05) is 6.92 Å². The van der Waals surface area contributed by atoms with Crippen LogP contribution in [0.1, 0.15) is 72.1 Å². The second-order valence-electron chi connectivity index (χ2n) is 7.23. The Hall–Kier alpha value is -0.610. The monoisotopic (exact) mass is 298 g/mol. The molecule has 1 rings (SSSR count). The topological polar surface area (TPSA) is 75.3 Å². The average molecular weight is 298 g/mol. The fourth-order valence-corrected chi connectivity index (χ4v) is 3.11. The number of hydrogen-bond donors (Lipinski definition) is 3. The highest BCUT2D eigenvalue weighted by Crippen LogP contribution is 2.27. The number of nitrogens with two attached hydrogens (primary N) is 1. The molecule has 0 saturated heterocycles. The van der Waals surface area contributed by atoms with Crippen molar-refractivity contribution in [1.82, 2.24) is 5.32 Å². The van der Waals surface area contributed by atoms with Gasteiger partial charge in [0.25, 0.3) is 5.91 Å². The van der Waals surface area contributed by atoms with E-state index in [2.05, 4.69) is 19.2 Å². The number of rotatable bonds is 8. The van der Waals surface area contributed by atoms with Crippen molar-refractivity contribution < 1.29 is 9.90 Å². The molecule has 1 aliphatic carbocycles. The molecule has 0 spiro atoms. The van der Waals surface area contributed by atoms with E-state index < -0.39 is 12.1 Å². The third kappa shape index (κ3) is 7.28. The molecule has 124 valence electrons. The van der Waals surface area contributed by atoms with Crippen molar-refractivity contribution in [2.75, 3.05) is 0 Å². The number of amides is 1. The average Bonchev–Trinajstić information content (AvgIpc) is 2.45. The molecule has 2 unspecified atom stereocenters. The minimum absolute atomic E-state index is 0.0939. The highest BCUT2D eigenvalue weighted by atomic mass is 16.3. The fraction of sp³-hybridized carbons (Fsp3) is 0.941. The lowest BCUT2D eigenvalue weighted by atomic mass is 9.84. The Kier molecular flexibility index (Phi) is 8.27. The molecule has 0 heterocycles. The molecule has 0 aromatic rings. The van der Waals surface area contributed by atoms with E-state index in [0.717, 1.165) is 19.3 Å². The van der Waals surface area contributed by atoms with Crippen molar-refractivity contribution in [1.29, 1.82) is 0 Å². The predicted molar refractivity (Wildman–Crippen MR) is 86.9 cm³/mol. The number of carbonyl (C=O) groups excluding carboxylic acids is 1. The molecule has 0 radical (unpaired) electrons. The van der Waals surface area contributed by atoms with E-state index >= 15 is 0 Å². The Balaban J connectivity index is 2.30. The maximum absolute atomic E-state index is 12.0. The third-order valence-electron chi connectivity index (χ3n) is 4.57. The van der Waals surface area contributed by atoms with E-state index in [1.165, 1.54) is 32.1 Å². The maximum atomic E-state index is 12.0. The number of aliphatic hydroxyl groups excluding tert-OH is 1. The van der Waals surface area contributed by atoms with Crippen LogP contribution in [0, 0.1) is 11.8 Å². The van der Waals surface area contributed by atoms with Gasteiger partial charge < -0.3 is 16.2 Å². The smallest absolute Gasteiger partial charge is 0.250 e. The van der Waals surface area contributed by atoms with Crippen LogP contribution < -0.4 is 11.1 Å². The maximum Gasteiger partial charge on any atom is 0.250 e. The molecule has 4 N–H and O–H groups in total. The van der Waals surface area contributed by atoms with Gasteiger partial charge in [-0.1, -0.05) is 46.0 Å². The molecule has 4 nitrogen and oxygen atoms in total. The molecule has 0 aliphatic heterocycles. The van der Waals surface area contributed by atoms with Crippen LogP contribution in [-0.2, 0) is 4.79 Å². The zero-order valence-corrected chi connectivity index (χ0v) is 14.0. The van der Waals surface area contributed by atoms with Gasteiger partial charge in [-0.15, -0.1) is 0 Å². The lowest BCUT2D eigenvalue weighted by Gasteiger charge is -2.27. The summed E-state index contributed by atoms with van der Waals surface area (Å²) < 4.78 is 0. The molecule has 3 atom stereocenters. The van der Waals surface area contributed by atoms with Gasteiger partial charge in [-0.25, -0.2) is 0 Å². The first-order valence-corrected chi connectivity index (χ1v) is 8.64. The van der Waals surface area contributed by atoms with Crippen molar-refractivity contribution in [3.05, 3.63) is 0 Å². The van der Waals surface area contributed by atoms with Gasteiger partial charge in [0.2, 0.25) is 0 Å². The molecular formula is C17H34N2O2. The summed E-state index contributed by atoms with van der Waals surface area (Å²) in [6.07, 6.45) is 7.89. The van der Waals surface area contributed by atoms with Gasteiger partial charge in [0.1, 0.15) is 6.10 Å². The van der Waals surface area contributed by atoms with Crippen LogP contribution >= 0.6 is 0 Å². The first-order valence-electron chi connectivity index (χ1n) is 8.64. The lowest BCUT2D eigenvalue weighted by molar-refractivity contribution is -0.131. The van der Waals surface area contributed by atoms with Crippen molar-refractivity contribution in [3.63, 3.8) is 0 Å². The van der Waals surface area contributed by atoms with Gasteiger partial charge in [-0.2, -0.15) is 0 Å². The predicted octanol–water partition coefficient (Wildman–Crippen LogP) is 2.59. The molecule has 1 amide bonds. The van der Waals surface area contributed by atoms with Gasteiger partial charge in [0, 0.05) is 12.1 Å². The Morgan fingerprint density at radius 1 is 1.19 bits per heavy atom. The highest BCUT2D eigenvalue weighted by Gasteiger charge is 2.27. The molecule has 21 heavy (non-hydrogen) atoms. The summed E-state index contributed by atoms with van der Waals surface area (Å²) in [5.41, 5.74) is 6.04. The van der Waals surface area contributed by atoms with Crippen LogP contribution in [0.25, 0.3) is 0 Å². The summed E-state index contributed by atoms with van der Waals surface area (Å²) in [7, 11) is 0. The Labute approximate surface area is 129 Å². The summed E-state index contributed by atoms with van der Waals surface area (Å²) in [6, 6.07) is -0.346. The summed E-state index contributed by atoms with van der Waals surface area (Å²) in [5.74, 6) is 0.895. The van der Waals surface area contributed by atoms with Crippen LogP contribution in [0.2, 0.25) is 0 Å². The fourth-order valence-electron chi connectivity index (χ4n) is 3.11. The standard InChI is InChI=1S/C17H34N2O2/c1-12(2)9-10-13(3)19-17(21)16(20)15(18)11-14-7-5-4-6-8-14/h12-16,20H,4-11,18H2,1-3H3,(H,19,21)/t13?,15-,16?/m1/s1. The first-order chi connectivity index (χ1) is 9.90. The molecule has 0 aromatic carbocycles. The van der Waals surface area contributed by atoms with Crippen LogP contribution in [0.3, 0.4) is 0 Å². The molecule has 0 aromatic heterocycles. The van der Waals surface area contributed by atoms with Crippen molar-refractivity contribution in [3.8, 4) is 0 Å². The largest absolute Gasteiger partial charge is 0.382 e. The van der Waals surface area contributed by atoms with Crippen LogP contribution in [0.15, 0.2) is 0 Å². The third-order valence-corrected chi connectivity index (χ3v) is 4.57. The van der Waals surface area contributed by atoms with E-state index in [1.54, 1.807) is 0 Å². The summed E-state index contributed by atoms with van der Waals surface area (Å²) >= 11 is 0. The zero-order valence-electron chi connectivity index (χ0n) is 14.0. The summed E-state index contributed by atoms with van der Waals surface area (Å²) in [6.45, 7) is 6.33. The number of hydrogen-bond acceptors (Lipinski definition) is 3. The second kappa shape index (κ2) is 9.42. The lowest BCUT2D eigenvalue weighted by Crippen LogP contribution is -2.49. The van der Waals surface area contributed by atoms with Gasteiger partial charge >= 0.3 is 0 Å². The van der Waals surface area contributed by atoms with Gasteiger partial charge in [0.15, 0.2) is 0 Å². The van der Waals surface area contributed by atoms with Crippen LogP contribution in [-0.4, -0.2) is 29.2 Å². The highest BCUT2D eigenvalue weighted by molar-refractivity contribution is 5.81. The summed E-state index contributed by atoms with van der Waals surface area (Å²) in [4.78, 5) is 12.0. The second-order valence-corrected chi connectivity index (χ2v) is 7.23. The van der Waals surface area contributed by atoms with Gasteiger partial charge in [0.05, 0.1) is 0 Å². The van der Waals surface area contributed by atoms with Crippen molar-refractivity contribution in [2.45, 2.75) is 90.3 Å². The number of aliphatic hydroxyl groups is 1. The normalized spacial score (nSPS) is 21.0. The Bertz CT molecular complexity index is 301. The molecule has 1 fully saturated rings. The molecule has 1 aliphatic rings. The van der Waals surface area contributed by atoms with Crippen LogP contribution in [0.5, 0.6) is 0 Å². The Morgan fingerprint density at radius 2 is 1.81 bits per heavy atom. The van der Waals surface area contributed by atoms with Crippen molar-refractivity contribution >= 4 is 5.91 Å². The molecular weight excluding hydrogens is 264 g/mol. The molecule has 1 saturated carbocycles. The Morgan fingerprint density at radius 3 is 2.38 bits per heavy atom. The molecule has 4 heteroatoms. The number of nitrogens with one attached hydrogen (secondary N) is 1. The van der Waals surface area contributed by atoms with E-state index in [9.17, 15) is 9.90 Å². The van der Waals surface area contributed by atoms with Gasteiger partial charge in [-0.05, 0) is 38.0 Å². The minimum Gasteiger partial charge on any atom is -0.382 e. The van der Waals surface area contributed by atoms with E-state index in [4.69, 9.17) is 5.73 Å². The number of carbonyl (C=O) groups is 1. The minimum atomic E-state index is -1.08. The first kappa shape index (κ1) is 18.4. The SMILES string of the molecule is CC(C)CCC(C)NC(=O)C(O)[C@H](N)CC1CCCCC1. The zero-order chi connectivity index (χ0) is 15.8. The van der Waals surface area contributed by atoms with E-state index in [-0.39, 0.29) is 11.9 Å². The quantitative estimate of drug-likeness (QED) is 0.644. The summed E-state index contributed by atoms with van der Waals surface area (Å²) in [5, 5.41) is 13.0. The van der Waals surface area contributed by atoms with Crippen LogP contribution in [0.4, 0.5) is 0 Å². The van der Waals surface area contributed by atoms with Crippen molar-refractivity contribution in [2.24, 2.45) is 17.6 Å². The molecule has 0 bridgehead atoms. The van der Waals surface area contributed by atoms with Gasteiger partial charge in [-0.3, -0.25) is 4.79 Å².